The summed E-state index contributed by atoms with van der Waals surface area (Å²) in [6.45, 7) is 4.32. The number of amides is 1. The van der Waals surface area contributed by atoms with Gasteiger partial charge in [0.1, 0.15) is 0 Å². The van der Waals surface area contributed by atoms with Crippen LogP contribution in [0.25, 0.3) is 0 Å². The van der Waals surface area contributed by atoms with Crippen LogP contribution < -0.4 is 5.32 Å². The van der Waals surface area contributed by atoms with E-state index in [1.54, 1.807) is 11.9 Å². The van der Waals surface area contributed by atoms with Crippen molar-refractivity contribution in [3.63, 3.8) is 0 Å². The van der Waals surface area contributed by atoms with Crippen molar-refractivity contribution in [1.82, 2.24) is 15.1 Å². The molecule has 2 fully saturated rings. The molecule has 2 rings (SSSR count). The molecule has 0 aromatic heterocycles. The lowest BCUT2D eigenvalue weighted by Gasteiger charge is -2.40. The third-order valence-electron chi connectivity index (χ3n) is 7.78. The van der Waals surface area contributed by atoms with Gasteiger partial charge in [-0.2, -0.15) is 26.3 Å². The average Bonchev–Trinajstić information content (AvgIpc) is 2.79. The highest BCUT2D eigenvalue weighted by Gasteiger charge is 2.51. The van der Waals surface area contributed by atoms with Crippen LogP contribution in [0.15, 0.2) is 0 Å². The molecule has 3 atom stereocenters. The highest BCUT2D eigenvalue weighted by molar-refractivity contribution is 5.82. The Morgan fingerprint density at radius 1 is 0.941 bits per heavy atom. The predicted molar refractivity (Wildman–Crippen MR) is 120 cm³/mol. The molecular weight excluding hydrogens is 460 g/mol. The second-order valence-electron chi connectivity index (χ2n) is 10.2. The van der Waals surface area contributed by atoms with Crippen LogP contribution in [0.2, 0.25) is 0 Å². The van der Waals surface area contributed by atoms with E-state index in [9.17, 15) is 31.1 Å². The van der Waals surface area contributed by atoms with Gasteiger partial charge in [-0.3, -0.25) is 9.69 Å². The number of carbonyl (C=O) groups excluding carboxylic acids is 1. The fourth-order valence-electron chi connectivity index (χ4n) is 5.77. The Morgan fingerprint density at radius 2 is 1.50 bits per heavy atom. The standard InChI is InChI=1S/C24H41F6N3O/c1-4-33(13-11-31-2)21(18-8-6-5-7-9-18)22(34)32(3)12-10-17-14-19(23(25,26)27)16-20(15-17)24(28,29)30/h17-21,31H,4-16H2,1-3H3. The molecule has 1 amide bonds. The third-order valence-corrected chi connectivity index (χ3v) is 7.78. The lowest BCUT2D eigenvalue weighted by atomic mass is 9.73. The smallest absolute Gasteiger partial charge is 0.344 e. The zero-order chi connectivity index (χ0) is 25.5. The highest BCUT2D eigenvalue weighted by atomic mass is 19.4. The number of nitrogens with zero attached hydrogens (tertiary/aromatic N) is 2. The Labute approximate surface area is 199 Å². The molecule has 3 unspecified atom stereocenters. The summed E-state index contributed by atoms with van der Waals surface area (Å²) in [6.07, 6.45) is -5.38. The van der Waals surface area contributed by atoms with Crippen molar-refractivity contribution in [1.29, 1.82) is 0 Å². The van der Waals surface area contributed by atoms with Crippen LogP contribution in [0.1, 0.15) is 64.7 Å². The van der Waals surface area contributed by atoms with E-state index >= 15 is 0 Å². The van der Waals surface area contributed by atoms with Gasteiger partial charge in [0.15, 0.2) is 0 Å². The van der Waals surface area contributed by atoms with Crippen LogP contribution in [-0.2, 0) is 4.79 Å². The van der Waals surface area contributed by atoms with E-state index in [4.69, 9.17) is 0 Å². The van der Waals surface area contributed by atoms with E-state index in [1.807, 2.05) is 14.0 Å². The maximum atomic E-state index is 13.5. The first-order valence-electron chi connectivity index (χ1n) is 12.6. The summed E-state index contributed by atoms with van der Waals surface area (Å²) >= 11 is 0. The summed E-state index contributed by atoms with van der Waals surface area (Å²) in [5, 5.41) is 3.11. The number of likely N-dealkylation sites (N-methyl/N-ethyl adjacent to an activating group) is 3. The zero-order valence-corrected chi connectivity index (χ0v) is 20.6. The number of rotatable bonds is 10. The normalized spacial score (nSPS) is 26.0. The molecule has 0 spiro atoms. The van der Waals surface area contributed by atoms with Gasteiger partial charge in [-0.15, -0.1) is 0 Å². The molecule has 2 aliphatic rings. The molecular formula is C24H41F6N3O. The van der Waals surface area contributed by atoms with Gasteiger partial charge < -0.3 is 10.2 Å². The van der Waals surface area contributed by atoms with Crippen LogP contribution in [0.4, 0.5) is 26.3 Å². The molecule has 2 aliphatic carbocycles. The summed E-state index contributed by atoms with van der Waals surface area (Å²) in [4.78, 5) is 17.2. The Balaban J connectivity index is 2.08. The third kappa shape index (κ3) is 8.28. The molecule has 4 nitrogen and oxygen atoms in total. The van der Waals surface area contributed by atoms with E-state index in [0.717, 1.165) is 38.6 Å². The van der Waals surface area contributed by atoms with Crippen LogP contribution in [0.5, 0.6) is 0 Å². The largest absolute Gasteiger partial charge is 0.391 e. The molecule has 0 aromatic rings. The van der Waals surface area contributed by atoms with E-state index in [1.165, 1.54) is 0 Å². The van der Waals surface area contributed by atoms with Crippen molar-refractivity contribution >= 4 is 5.91 Å². The predicted octanol–water partition coefficient (Wildman–Crippen LogP) is 5.48. The van der Waals surface area contributed by atoms with Crippen LogP contribution in [0, 0.1) is 23.7 Å². The Hall–Kier alpha value is -1.03. The second-order valence-corrected chi connectivity index (χ2v) is 10.2. The number of hydrogen-bond acceptors (Lipinski definition) is 3. The maximum absolute atomic E-state index is 13.5. The highest BCUT2D eigenvalue weighted by Crippen LogP contribution is 2.48. The quantitative estimate of drug-likeness (QED) is 0.403. The molecule has 34 heavy (non-hydrogen) atoms. The molecule has 2 saturated carbocycles. The topological polar surface area (TPSA) is 35.6 Å². The first-order valence-corrected chi connectivity index (χ1v) is 12.6. The summed E-state index contributed by atoms with van der Waals surface area (Å²) in [5.74, 6) is -4.43. The van der Waals surface area contributed by atoms with Gasteiger partial charge in [0.2, 0.25) is 5.91 Å². The first kappa shape index (κ1) is 29.2. The van der Waals surface area contributed by atoms with Crippen molar-refractivity contribution in [3.8, 4) is 0 Å². The average molecular weight is 502 g/mol. The zero-order valence-electron chi connectivity index (χ0n) is 20.6. The number of alkyl halides is 6. The molecule has 200 valence electrons. The van der Waals surface area contributed by atoms with Gasteiger partial charge in [-0.25, -0.2) is 0 Å². The minimum absolute atomic E-state index is 0.0691. The van der Waals surface area contributed by atoms with Crippen molar-refractivity contribution in [2.75, 3.05) is 40.3 Å². The van der Waals surface area contributed by atoms with Gasteiger partial charge in [0.25, 0.3) is 0 Å². The number of nitrogens with one attached hydrogen (secondary N) is 1. The molecule has 0 aromatic carbocycles. The Kier molecular flexibility index (Phi) is 11.0. The summed E-state index contributed by atoms with van der Waals surface area (Å²) in [5.41, 5.74) is 0. The SMILES string of the molecule is CCN(CCNC)C(C(=O)N(C)CCC1CC(C(F)(F)F)CC(C(F)(F)F)C1)C1CCCCC1. The van der Waals surface area contributed by atoms with Gasteiger partial charge in [0, 0.05) is 26.7 Å². The number of carbonyl (C=O) groups is 1. The van der Waals surface area contributed by atoms with Gasteiger partial charge in [-0.05, 0) is 64.0 Å². The molecule has 1 N–H and O–H groups in total. The number of halogens is 6. The molecule has 0 heterocycles. The monoisotopic (exact) mass is 501 g/mol. The minimum atomic E-state index is -4.63. The van der Waals surface area contributed by atoms with E-state index < -0.39 is 36.5 Å². The van der Waals surface area contributed by atoms with Crippen molar-refractivity contribution in [2.45, 2.75) is 83.1 Å². The first-order chi connectivity index (χ1) is 15.9. The molecule has 0 radical (unpaired) electrons. The van der Waals surface area contributed by atoms with E-state index in [0.29, 0.717) is 13.1 Å². The van der Waals surface area contributed by atoms with Crippen molar-refractivity contribution in [2.24, 2.45) is 23.7 Å². The van der Waals surface area contributed by atoms with E-state index in [-0.39, 0.29) is 43.7 Å². The van der Waals surface area contributed by atoms with Gasteiger partial charge in [-0.1, -0.05) is 26.2 Å². The Bertz CT molecular complexity index is 599. The molecule has 0 aliphatic heterocycles. The van der Waals surface area contributed by atoms with Gasteiger partial charge in [0.05, 0.1) is 17.9 Å². The van der Waals surface area contributed by atoms with E-state index in [2.05, 4.69) is 10.2 Å². The van der Waals surface area contributed by atoms with Crippen LogP contribution >= 0.6 is 0 Å². The number of hydrogen-bond donors (Lipinski definition) is 1. The maximum Gasteiger partial charge on any atom is 0.391 e. The fourth-order valence-corrected chi connectivity index (χ4v) is 5.77. The lowest BCUT2D eigenvalue weighted by Crippen LogP contribution is -2.53. The summed E-state index contributed by atoms with van der Waals surface area (Å²) in [6, 6.07) is -0.305. The van der Waals surface area contributed by atoms with Crippen LogP contribution in [0.3, 0.4) is 0 Å². The summed E-state index contributed by atoms with van der Waals surface area (Å²) in [7, 11) is 3.49. The lowest BCUT2D eigenvalue weighted by molar-refractivity contribution is -0.229. The molecule has 0 bridgehead atoms. The summed E-state index contributed by atoms with van der Waals surface area (Å²) < 4.78 is 79.8. The second kappa shape index (κ2) is 12.8. The minimum Gasteiger partial charge on any atom is -0.344 e. The molecule has 10 heteroatoms. The Morgan fingerprint density at radius 3 is 1.97 bits per heavy atom. The van der Waals surface area contributed by atoms with Crippen molar-refractivity contribution < 1.29 is 31.1 Å². The van der Waals surface area contributed by atoms with Crippen molar-refractivity contribution in [3.05, 3.63) is 0 Å². The van der Waals surface area contributed by atoms with Gasteiger partial charge >= 0.3 is 12.4 Å². The van der Waals surface area contributed by atoms with Crippen LogP contribution in [-0.4, -0.2) is 74.4 Å². The molecule has 0 saturated heterocycles. The fraction of sp³-hybridized carbons (Fsp3) is 0.958.